The maximum atomic E-state index is 10.5. The molecule has 1 aliphatic rings. The van der Waals surface area contributed by atoms with Crippen molar-refractivity contribution in [1.29, 1.82) is 0 Å². The van der Waals surface area contributed by atoms with E-state index in [1.165, 1.54) is 0 Å². The van der Waals surface area contributed by atoms with Gasteiger partial charge in [0.1, 0.15) is 6.10 Å². The first-order valence-electron chi connectivity index (χ1n) is 5.16. The van der Waals surface area contributed by atoms with Crippen molar-refractivity contribution in [2.45, 2.75) is 25.9 Å². The van der Waals surface area contributed by atoms with Crippen molar-refractivity contribution in [3.63, 3.8) is 0 Å². The highest BCUT2D eigenvalue weighted by Gasteiger charge is 2.24. The Kier molecular flexibility index (Phi) is 2.90. The first-order chi connectivity index (χ1) is 7.65. The van der Waals surface area contributed by atoms with Crippen LogP contribution in [0.3, 0.4) is 0 Å². The van der Waals surface area contributed by atoms with E-state index in [2.05, 4.69) is 5.16 Å². The molecule has 0 amide bonds. The SMILES string of the molecule is Cc1cccc(C2=NOC(CC(=O)O)C2)c1. The second-order valence-corrected chi connectivity index (χ2v) is 3.94. The Labute approximate surface area is 93.5 Å². The van der Waals surface area contributed by atoms with Gasteiger partial charge in [-0.1, -0.05) is 35.0 Å². The number of hydrogen-bond acceptors (Lipinski definition) is 3. The molecule has 1 heterocycles. The van der Waals surface area contributed by atoms with Gasteiger partial charge in [0.05, 0.1) is 12.1 Å². The lowest BCUT2D eigenvalue weighted by atomic mass is 10.0. The first-order valence-corrected chi connectivity index (χ1v) is 5.16. The summed E-state index contributed by atoms with van der Waals surface area (Å²) in [7, 11) is 0. The van der Waals surface area contributed by atoms with Gasteiger partial charge in [-0.2, -0.15) is 0 Å². The minimum atomic E-state index is -0.856. The molecule has 4 heteroatoms. The quantitative estimate of drug-likeness (QED) is 0.845. The van der Waals surface area contributed by atoms with Gasteiger partial charge in [-0.3, -0.25) is 4.79 Å². The fourth-order valence-corrected chi connectivity index (χ4v) is 1.73. The summed E-state index contributed by atoms with van der Waals surface area (Å²) < 4.78 is 0. The number of carboxylic acids is 1. The topological polar surface area (TPSA) is 58.9 Å². The predicted octanol–water partition coefficient (Wildman–Crippen LogP) is 1.96. The molecule has 4 nitrogen and oxygen atoms in total. The van der Waals surface area contributed by atoms with E-state index in [0.717, 1.165) is 16.8 Å². The summed E-state index contributed by atoms with van der Waals surface area (Å²) in [5.74, 6) is -0.856. The van der Waals surface area contributed by atoms with E-state index >= 15 is 0 Å². The van der Waals surface area contributed by atoms with Crippen LogP contribution in [0.1, 0.15) is 24.0 Å². The highest BCUT2D eigenvalue weighted by atomic mass is 16.6. The number of rotatable bonds is 3. The zero-order valence-electron chi connectivity index (χ0n) is 9.01. The average molecular weight is 219 g/mol. The molecule has 1 N–H and O–H groups in total. The van der Waals surface area contributed by atoms with Crippen LogP contribution in [-0.4, -0.2) is 22.9 Å². The summed E-state index contributed by atoms with van der Waals surface area (Å²) in [4.78, 5) is 15.6. The maximum absolute atomic E-state index is 10.5. The summed E-state index contributed by atoms with van der Waals surface area (Å²) in [6.45, 7) is 2.01. The average Bonchev–Trinajstić information content (AvgIpc) is 2.65. The molecule has 1 unspecified atom stereocenters. The summed E-state index contributed by atoms with van der Waals surface area (Å²) in [6.07, 6.45) is 0.238. The predicted molar refractivity (Wildman–Crippen MR) is 59.5 cm³/mol. The molecule has 1 aliphatic heterocycles. The van der Waals surface area contributed by atoms with E-state index in [1.807, 2.05) is 31.2 Å². The van der Waals surface area contributed by atoms with Crippen molar-refractivity contribution < 1.29 is 14.7 Å². The van der Waals surface area contributed by atoms with E-state index < -0.39 is 5.97 Å². The van der Waals surface area contributed by atoms with Gasteiger partial charge in [0, 0.05) is 6.42 Å². The minimum absolute atomic E-state index is 0.00117. The highest BCUT2D eigenvalue weighted by molar-refractivity contribution is 6.01. The number of carbonyl (C=O) groups is 1. The smallest absolute Gasteiger partial charge is 0.307 e. The van der Waals surface area contributed by atoms with Gasteiger partial charge in [0.2, 0.25) is 0 Å². The van der Waals surface area contributed by atoms with E-state index in [4.69, 9.17) is 9.94 Å². The Balaban J connectivity index is 2.06. The number of aryl methyl sites for hydroxylation is 1. The monoisotopic (exact) mass is 219 g/mol. The van der Waals surface area contributed by atoms with Gasteiger partial charge in [-0.05, 0) is 12.5 Å². The summed E-state index contributed by atoms with van der Waals surface area (Å²) in [6, 6.07) is 7.94. The third-order valence-electron chi connectivity index (χ3n) is 2.49. The molecule has 0 bridgehead atoms. The Morgan fingerprint density at radius 1 is 1.62 bits per heavy atom. The van der Waals surface area contributed by atoms with Crippen LogP contribution in [0.4, 0.5) is 0 Å². The third-order valence-corrected chi connectivity index (χ3v) is 2.49. The van der Waals surface area contributed by atoms with Gasteiger partial charge in [0.25, 0.3) is 0 Å². The van der Waals surface area contributed by atoms with Crippen molar-refractivity contribution in [2.75, 3.05) is 0 Å². The summed E-state index contributed by atoms with van der Waals surface area (Å²) in [5.41, 5.74) is 2.99. The molecule has 0 fully saturated rings. The molecule has 1 atom stereocenters. The molecule has 1 aromatic rings. The number of benzene rings is 1. The zero-order chi connectivity index (χ0) is 11.5. The number of carboxylic acid groups (broad SMARTS) is 1. The van der Waals surface area contributed by atoms with E-state index in [1.54, 1.807) is 0 Å². The Morgan fingerprint density at radius 3 is 3.12 bits per heavy atom. The minimum Gasteiger partial charge on any atom is -0.481 e. The van der Waals surface area contributed by atoms with Gasteiger partial charge >= 0.3 is 5.97 Å². The standard InChI is InChI=1S/C12H13NO3/c1-8-3-2-4-9(5-8)11-6-10(16-13-11)7-12(14)15/h2-5,10H,6-7H2,1H3,(H,14,15). The van der Waals surface area contributed by atoms with Gasteiger partial charge in [-0.15, -0.1) is 0 Å². The molecular formula is C12H13NO3. The first kappa shape index (κ1) is 10.7. The molecular weight excluding hydrogens is 206 g/mol. The van der Waals surface area contributed by atoms with Crippen LogP contribution in [0.5, 0.6) is 0 Å². The second kappa shape index (κ2) is 4.35. The number of aliphatic carboxylic acids is 1. The number of hydrogen-bond donors (Lipinski definition) is 1. The van der Waals surface area contributed by atoms with Crippen LogP contribution in [0, 0.1) is 6.92 Å². The normalized spacial score (nSPS) is 19.1. The van der Waals surface area contributed by atoms with Crippen molar-refractivity contribution in [2.24, 2.45) is 5.16 Å². The molecule has 0 saturated heterocycles. The second-order valence-electron chi connectivity index (χ2n) is 3.94. The Morgan fingerprint density at radius 2 is 2.44 bits per heavy atom. The summed E-state index contributed by atoms with van der Waals surface area (Å²) in [5, 5.41) is 12.6. The molecule has 0 aromatic heterocycles. The van der Waals surface area contributed by atoms with Crippen molar-refractivity contribution in [1.82, 2.24) is 0 Å². The fourth-order valence-electron chi connectivity index (χ4n) is 1.73. The van der Waals surface area contributed by atoms with Crippen LogP contribution < -0.4 is 0 Å². The lowest BCUT2D eigenvalue weighted by Crippen LogP contribution is -2.13. The molecule has 0 aliphatic carbocycles. The van der Waals surface area contributed by atoms with Crippen molar-refractivity contribution in [3.8, 4) is 0 Å². The van der Waals surface area contributed by atoms with Crippen LogP contribution in [0.25, 0.3) is 0 Å². The van der Waals surface area contributed by atoms with Gasteiger partial charge in [0.15, 0.2) is 0 Å². The number of oxime groups is 1. The van der Waals surface area contributed by atoms with Crippen molar-refractivity contribution >= 4 is 11.7 Å². The lowest BCUT2D eigenvalue weighted by Gasteiger charge is -2.03. The molecule has 2 rings (SSSR count). The number of nitrogens with zero attached hydrogens (tertiary/aromatic N) is 1. The largest absolute Gasteiger partial charge is 0.481 e. The highest BCUT2D eigenvalue weighted by Crippen LogP contribution is 2.19. The maximum Gasteiger partial charge on any atom is 0.307 e. The van der Waals surface area contributed by atoms with Crippen LogP contribution in [0.2, 0.25) is 0 Å². The lowest BCUT2D eigenvalue weighted by molar-refractivity contribution is -0.139. The Bertz CT molecular complexity index is 440. The molecule has 16 heavy (non-hydrogen) atoms. The summed E-state index contributed by atoms with van der Waals surface area (Å²) >= 11 is 0. The molecule has 84 valence electrons. The van der Waals surface area contributed by atoms with E-state index in [-0.39, 0.29) is 12.5 Å². The fraction of sp³-hybridized carbons (Fsp3) is 0.333. The Hall–Kier alpha value is -1.84. The van der Waals surface area contributed by atoms with Crippen LogP contribution in [-0.2, 0) is 9.63 Å². The van der Waals surface area contributed by atoms with Gasteiger partial charge < -0.3 is 9.94 Å². The zero-order valence-corrected chi connectivity index (χ0v) is 9.01. The van der Waals surface area contributed by atoms with E-state index in [9.17, 15) is 4.79 Å². The molecule has 0 radical (unpaired) electrons. The third kappa shape index (κ3) is 2.39. The molecule has 1 aromatic carbocycles. The molecule has 0 saturated carbocycles. The van der Waals surface area contributed by atoms with Crippen LogP contribution >= 0.6 is 0 Å². The van der Waals surface area contributed by atoms with E-state index in [0.29, 0.717) is 6.42 Å². The molecule has 0 spiro atoms. The van der Waals surface area contributed by atoms with Crippen LogP contribution in [0.15, 0.2) is 29.4 Å². The van der Waals surface area contributed by atoms with Gasteiger partial charge in [-0.25, -0.2) is 0 Å². The van der Waals surface area contributed by atoms with Crippen molar-refractivity contribution in [3.05, 3.63) is 35.4 Å².